The molecule has 0 atom stereocenters. The molecule has 1 aliphatic heterocycles. The first-order valence-corrected chi connectivity index (χ1v) is 7.70. The van der Waals surface area contributed by atoms with Crippen molar-refractivity contribution in [3.63, 3.8) is 0 Å². The Morgan fingerprint density at radius 3 is 2.64 bits per heavy atom. The highest BCUT2D eigenvalue weighted by Gasteiger charge is 2.21. The van der Waals surface area contributed by atoms with Crippen molar-refractivity contribution >= 4 is 0 Å². The lowest BCUT2D eigenvalue weighted by atomic mass is 9.94. The zero-order chi connectivity index (χ0) is 15.2. The molecule has 2 heterocycles. The fourth-order valence-electron chi connectivity index (χ4n) is 2.88. The van der Waals surface area contributed by atoms with E-state index >= 15 is 0 Å². The molecule has 0 radical (unpaired) electrons. The zero-order valence-electron chi connectivity index (χ0n) is 12.5. The van der Waals surface area contributed by atoms with E-state index in [1.807, 2.05) is 18.3 Å². The average Bonchev–Trinajstić information content (AvgIpc) is 3.11. The molecule has 0 spiro atoms. The molecular formula is C17H20N4O. The summed E-state index contributed by atoms with van der Waals surface area (Å²) in [4.78, 5) is 2.44. The molecule has 0 amide bonds. The summed E-state index contributed by atoms with van der Waals surface area (Å²) < 4.78 is 5.74. The largest absolute Gasteiger partial charge is 0.492 e. The van der Waals surface area contributed by atoms with E-state index in [2.05, 4.69) is 27.2 Å². The molecule has 114 valence electrons. The molecule has 0 saturated carbocycles. The topological polar surface area (TPSA) is 64.9 Å². The Labute approximate surface area is 130 Å². The number of rotatable bonds is 5. The van der Waals surface area contributed by atoms with Crippen LogP contribution in [-0.4, -0.2) is 41.3 Å². The van der Waals surface area contributed by atoms with E-state index in [-0.39, 0.29) is 0 Å². The first-order chi connectivity index (χ1) is 10.8. The van der Waals surface area contributed by atoms with Gasteiger partial charge in [-0.25, -0.2) is 0 Å². The normalized spacial score (nSPS) is 16.3. The summed E-state index contributed by atoms with van der Waals surface area (Å²) in [5.41, 5.74) is 1.92. The summed E-state index contributed by atoms with van der Waals surface area (Å²) in [7, 11) is 0. The molecule has 1 fully saturated rings. The quantitative estimate of drug-likeness (QED) is 0.921. The number of aromatic nitrogens is 2. The number of nitriles is 1. The summed E-state index contributed by atoms with van der Waals surface area (Å²) in [6.45, 7) is 3.82. The van der Waals surface area contributed by atoms with Gasteiger partial charge >= 0.3 is 0 Å². The molecule has 0 bridgehead atoms. The molecule has 3 rings (SSSR count). The van der Waals surface area contributed by atoms with Gasteiger partial charge in [0, 0.05) is 24.4 Å². The minimum absolute atomic E-state index is 0.609. The number of benzene rings is 1. The Hall–Kier alpha value is -2.32. The van der Waals surface area contributed by atoms with Crippen LogP contribution in [0, 0.1) is 11.3 Å². The number of likely N-dealkylation sites (tertiary alicyclic amines) is 1. The second-order valence-corrected chi connectivity index (χ2v) is 5.61. The number of ether oxygens (including phenoxy) is 1. The average molecular weight is 296 g/mol. The van der Waals surface area contributed by atoms with Crippen LogP contribution in [0.3, 0.4) is 0 Å². The number of piperidine rings is 1. The lowest BCUT2D eigenvalue weighted by Crippen LogP contribution is -2.35. The minimum atomic E-state index is 0.609. The fourth-order valence-corrected chi connectivity index (χ4v) is 2.88. The summed E-state index contributed by atoms with van der Waals surface area (Å²) in [6, 6.07) is 11.5. The van der Waals surface area contributed by atoms with Crippen molar-refractivity contribution in [2.75, 3.05) is 26.2 Å². The molecule has 5 heteroatoms. The number of H-pyrrole nitrogens is 1. The Morgan fingerprint density at radius 2 is 2.00 bits per heavy atom. The van der Waals surface area contributed by atoms with Crippen LogP contribution in [0.15, 0.2) is 36.5 Å². The van der Waals surface area contributed by atoms with Gasteiger partial charge in [-0.05, 0) is 56.3 Å². The number of nitrogens with one attached hydrogen (secondary N) is 1. The monoisotopic (exact) mass is 296 g/mol. The van der Waals surface area contributed by atoms with E-state index in [9.17, 15) is 0 Å². The van der Waals surface area contributed by atoms with E-state index < -0.39 is 0 Å². The van der Waals surface area contributed by atoms with Crippen LogP contribution in [0.4, 0.5) is 0 Å². The Bertz CT molecular complexity index is 607. The molecule has 0 aliphatic carbocycles. The summed E-state index contributed by atoms with van der Waals surface area (Å²) in [5.74, 6) is 1.43. The lowest BCUT2D eigenvalue weighted by molar-refractivity contribution is 0.172. The van der Waals surface area contributed by atoms with Gasteiger partial charge in [-0.2, -0.15) is 10.4 Å². The van der Waals surface area contributed by atoms with Gasteiger partial charge in [0.25, 0.3) is 0 Å². The van der Waals surface area contributed by atoms with Crippen molar-refractivity contribution in [1.29, 1.82) is 5.26 Å². The van der Waals surface area contributed by atoms with Crippen LogP contribution >= 0.6 is 0 Å². The van der Waals surface area contributed by atoms with E-state index in [0.717, 1.165) is 25.4 Å². The Kier molecular flexibility index (Phi) is 4.71. The van der Waals surface area contributed by atoms with Crippen molar-refractivity contribution in [3.8, 4) is 11.8 Å². The summed E-state index contributed by atoms with van der Waals surface area (Å²) in [5, 5.41) is 15.9. The van der Waals surface area contributed by atoms with Gasteiger partial charge in [-0.3, -0.25) is 10.00 Å². The van der Waals surface area contributed by atoms with Crippen molar-refractivity contribution < 1.29 is 4.74 Å². The smallest absolute Gasteiger partial charge is 0.119 e. The van der Waals surface area contributed by atoms with Crippen LogP contribution in [0.2, 0.25) is 0 Å². The summed E-state index contributed by atoms with van der Waals surface area (Å²) in [6.07, 6.45) is 4.16. The summed E-state index contributed by atoms with van der Waals surface area (Å²) >= 11 is 0. The highest BCUT2D eigenvalue weighted by Crippen LogP contribution is 2.26. The lowest BCUT2D eigenvalue weighted by Gasteiger charge is -2.31. The highest BCUT2D eigenvalue weighted by atomic mass is 16.5. The van der Waals surface area contributed by atoms with Crippen molar-refractivity contribution in [2.24, 2.45) is 0 Å². The predicted octanol–water partition coefficient (Wildman–Crippen LogP) is 2.54. The van der Waals surface area contributed by atoms with Gasteiger partial charge in [-0.15, -0.1) is 0 Å². The van der Waals surface area contributed by atoms with Gasteiger partial charge < -0.3 is 4.74 Å². The van der Waals surface area contributed by atoms with Gasteiger partial charge in [0.2, 0.25) is 0 Å². The van der Waals surface area contributed by atoms with Crippen LogP contribution in [0.5, 0.6) is 5.75 Å². The maximum absolute atomic E-state index is 8.76. The number of aromatic amines is 1. The molecule has 1 saturated heterocycles. The molecule has 5 nitrogen and oxygen atoms in total. The van der Waals surface area contributed by atoms with E-state index in [1.165, 1.54) is 18.5 Å². The molecular weight excluding hydrogens is 276 g/mol. The minimum Gasteiger partial charge on any atom is -0.492 e. The maximum atomic E-state index is 8.76. The van der Waals surface area contributed by atoms with Crippen molar-refractivity contribution in [1.82, 2.24) is 15.1 Å². The first-order valence-electron chi connectivity index (χ1n) is 7.70. The zero-order valence-corrected chi connectivity index (χ0v) is 12.5. The second kappa shape index (κ2) is 7.10. The second-order valence-electron chi connectivity index (χ2n) is 5.61. The number of hydrogen-bond donors (Lipinski definition) is 1. The third kappa shape index (κ3) is 3.66. The van der Waals surface area contributed by atoms with Crippen molar-refractivity contribution in [2.45, 2.75) is 18.8 Å². The van der Waals surface area contributed by atoms with Gasteiger partial charge in [0.1, 0.15) is 12.4 Å². The van der Waals surface area contributed by atoms with Crippen LogP contribution < -0.4 is 4.74 Å². The Morgan fingerprint density at radius 1 is 1.23 bits per heavy atom. The van der Waals surface area contributed by atoms with E-state index in [0.29, 0.717) is 18.1 Å². The predicted molar refractivity (Wildman–Crippen MR) is 83.7 cm³/mol. The van der Waals surface area contributed by atoms with Gasteiger partial charge in [0.15, 0.2) is 0 Å². The fraction of sp³-hybridized carbons (Fsp3) is 0.412. The number of nitrogens with zero attached hydrogens (tertiary/aromatic N) is 3. The molecule has 1 aromatic heterocycles. The maximum Gasteiger partial charge on any atom is 0.119 e. The van der Waals surface area contributed by atoms with Crippen LogP contribution in [0.25, 0.3) is 0 Å². The van der Waals surface area contributed by atoms with E-state index in [4.69, 9.17) is 10.00 Å². The SMILES string of the molecule is N#Cc1ccc(OCCN2CCC(c3ccn[nH]3)CC2)cc1. The van der Waals surface area contributed by atoms with Crippen LogP contribution in [-0.2, 0) is 0 Å². The molecule has 2 aromatic rings. The van der Waals surface area contributed by atoms with E-state index in [1.54, 1.807) is 12.1 Å². The third-order valence-electron chi connectivity index (χ3n) is 4.21. The van der Waals surface area contributed by atoms with Gasteiger partial charge in [-0.1, -0.05) is 0 Å². The molecule has 1 aliphatic rings. The molecule has 22 heavy (non-hydrogen) atoms. The number of hydrogen-bond acceptors (Lipinski definition) is 4. The van der Waals surface area contributed by atoms with Gasteiger partial charge in [0.05, 0.1) is 11.6 Å². The molecule has 1 aromatic carbocycles. The first kappa shape index (κ1) is 14.6. The standard InChI is InChI=1S/C17H20N4O/c18-13-14-1-3-16(4-2-14)22-12-11-21-9-6-15(7-10-21)17-5-8-19-20-17/h1-5,8,15H,6-7,9-12H2,(H,19,20). The third-order valence-corrected chi connectivity index (χ3v) is 4.21. The Balaban J connectivity index is 1.39. The highest BCUT2D eigenvalue weighted by molar-refractivity contribution is 5.34. The van der Waals surface area contributed by atoms with Crippen LogP contribution in [0.1, 0.15) is 30.0 Å². The molecule has 0 unspecified atom stereocenters. The molecule has 1 N–H and O–H groups in total. The van der Waals surface area contributed by atoms with Crippen molar-refractivity contribution in [3.05, 3.63) is 47.8 Å².